The number of aliphatic carboxylic acids is 1. The molecule has 0 unspecified atom stereocenters. The van der Waals surface area contributed by atoms with Gasteiger partial charge in [0, 0.05) is 13.0 Å². The Bertz CT molecular complexity index is 527. The highest BCUT2D eigenvalue weighted by Crippen LogP contribution is 2.24. The molecule has 96 valence electrons. The summed E-state index contributed by atoms with van der Waals surface area (Å²) in [5, 5.41) is 13.8. The third-order valence-electron chi connectivity index (χ3n) is 2.60. The highest BCUT2D eigenvalue weighted by Gasteiger charge is 2.03. The van der Waals surface area contributed by atoms with E-state index in [-0.39, 0.29) is 6.42 Å². The van der Waals surface area contributed by atoms with Crippen LogP contribution in [0, 0.1) is 0 Å². The van der Waals surface area contributed by atoms with Gasteiger partial charge in [-0.15, -0.1) is 11.3 Å². The number of fused-ring (bicyclic) bond motifs is 1. The first-order chi connectivity index (χ1) is 8.77. The van der Waals surface area contributed by atoms with Crippen molar-refractivity contribution in [2.45, 2.75) is 25.7 Å². The molecule has 0 bridgehead atoms. The molecule has 5 nitrogen and oxygen atoms in total. The van der Waals surface area contributed by atoms with Crippen molar-refractivity contribution >= 4 is 33.3 Å². The number of hydrogen-bond donors (Lipinski definition) is 2. The molecule has 18 heavy (non-hydrogen) atoms. The number of carboxylic acids is 1. The Kier molecular flexibility index (Phi) is 4.46. The van der Waals surface area contributed by atoms with Gasteiger partial charge in [0.2, 0.25) is 0 Å². The molecule has 0 aliphatic rings. The Labute approximate surface area is 109 Å². The van der Waals surface area contributed by atoms with Crippen molar-refractivity contribution in [1.82, 2.24) is 9.97 Å². The first-order valence-corrected chi connectivity index (χ1v) is 6.79. The van der Waals surface area contributed by atoms with E-state index in [4.69, 9.17) is 5.11 Å². The van der Waals surface area contributed by atoms with Crippen LogP contribution in [0.25, 0.3) is 10.2 Å². The molecule has 0 radical (unpaired) electrons. The zero-order valence-electron chi connectivity index (χ0n) is 9.93. The lowest BCUT2D eigenvalue weighted by molar-refractivity contribution is -0.137. The lowest BCUT2D eigenvalue weighted by atomic mass is 10.2. The minimum absolute atomic E-state index is 0.253. The van der Waals surface area contributed by atoms with Crippen LogP contribution in [0.5, 0.6) is 0 Å². The van der Waals surface area contributed by atoms with Gasteiger partial charge in [-0.2, -0.15) is 0 Å². The van der Waals surface area contributed by atoms with Crippen LogP contribution in [0.4, 0.5) is 5.82 Å². The van der Waals surface area contributed by atoms with Crippen molar-refractivity contribution in [1.29, 1.82) is 0 Å². The van der Waals surface area contributed by atoms with E-state index in [0.29, 0.717) is 0 Å². The van der Waals surface area contributed by atoms with Crippen LogP contribution in [-0.2, 0) is 4.79 Å². The lowest BCUT2D eigenvalue weighted by Crippen LogP contribution is -2.04. The average molecular weight is 265 g/mol. The smallest absolute Gasteiger partial charge is 0.303 e. The van der Waals surface area contributed by atoms with Crippen LogP contribution in [0.3, 0.4) is 0 Å². The fourth-order valence-corrected chi connectivity index (χ4v) is 2.51. The van der Waals surface area contributed by atoms with Gasteiger partial charge in [0.1, 0.15) is 12.1 Å². The van der Waals surface area contributed by atoms with E-state index in [1.54, 1.807) is 17.7 Å². The van der Waals surface area contributed by atoms with Crippen molar-refractivity contribution in [2.75, 3.05) is 11.9 Å². The van der Waals surface area contributed by atoms with Crippen molar-refractivity contribution in [3.05, 3.63) is 17.8 Å². The predicted molar refractivity (Wildman–Crippen MR) is 72.0 cm³/mol. The monoisotopic (exact) mass is 265 g/mol. The number of carboxylic acid groups (broad SMARTS) is 1. The molecule has 0 atom stereocenters. The van der Waals surface area contributed by atoms with Gasteiger partial charge in [-0.25, -0.2) is 9.97 Å². The molecule has 0 spiro atoms. The highest BCUT2D eigenvalue weighted by molar-refractivity contribution is 7.17. The topological polar surface area (TPSA) is 75.1 Å². The van der Waals surface area contributed by atoms with Gasteiger partial charge in [-0.05, 0) is 24.3 Å². The zero-order chi connectivity index (χ0) is 12.8. The largest absolute Gasteiger partial charge is 0.481 e. The summed E-state index contributed by atoms with van der Waals surface area (Å²) in [7, 11) is 0. The molecule has 2 aromatic rings. The Hall–Kier alpha value is -1.69. The number of rotatable bonds is 7. The molecule has 0 aliphatic carbocycles. The Morgan fingerprint density at radius 3 is 3.06 bits per heavy atom. The van der Waals surface area contributed by atoms with Crippen molar-refractivity contribution in [3.8, 4) is 0 Å². The zero-order valence-corrected chi connectivity index (χ0v) is 10.7. The number of nitrogens with zero attached hydrogens (tertiary/aromatic N) is 2. The molecule has 2 N–H and O–H groups in total. The normalized spacial score (nSPS) is 10.7. The maximum Gasteiger partial charge on any atom is 0.303 e. The fraction of sp³-hybridized carbons (Fsp3) is 0.417. The molecule has 0 saturated heterocycles. The second-order valence-corrected chi connectivity index (χ2v) is 4.90. The van der Waals surface area contributed by atoms with Crippen LogP contribution < -0.4 is 5.32 Å². The lowest BCUT2D eigenvalue weighted by Gasteiger charge is -2.05. The molecule has 0 amide bonds. The summed E-state index contributed by atoms with van der Waals surface area (Å²) in [6, 6.07) is 1.97. The molecule has 0 fully saturated rings. The fourth-order valence-electron chi connectivity index (χ4n) is 1.70. The summed E-state index contributed by atoms with van der Waals surface area (Å²) in [5.41, 5.74) is 0.961. The SMILES string of the molecule is O=C(O)CCCCCNc1ncnc2ccsc12. The van der Waals surface area contributed by atoms with Crippen LogP contribution in [0.15, 0.2) is 17.8 Å². The molecule has 0 saturated carbocycles. The van der Waals surface area contributed by atoms with Gasteiger partial charge in [-0.1, -0.05) is 6.42 Å². The van der Waals surface area contributed by atoms with E-state index in [0.717, 1.165) is 41.8 Å². The second kappa shape index (κ2) is 6.30. The summed E-state index contributed by atoms with van der Waals surface area (Å²) >= 11 is 1.62. The van der Waals surface area contributed by atoms with Crippen LogP contribution in [0.2, 0.25) is 0 Å². The number of aromatic nitrogens is 2. The van der Waals surface area contributed by atoms with E-state index in [1.807, 2.05) is 11.4 Å². The minimum atomic E-state index is -0.723. The van der Waals surface area contributed by atoms with Crippen molar-refractivity contribution < 1.29 is 9.90 Å². The highest BCUT2D eigenvalue weighted by atomic mass is 32.1. The van der Waals surface area contributed by atoms with Gasteiger partial charge in [0.05, 0.1) is 10.2 Å². The van der Waals surface area contributed by atoms with E-state index in [2.05, 4.69) is 15.3 Å². The minimum Gasteiger partial charge on any atom is -0.481 e. The Balaban J connectivity index is 1.76. The Morgan fingerprint density at radius 2 is 2.22 bits per heavy atom. The van der Waals surface area contributed by atoms with E-state index in [9.17, 15) is 4.79 Å². The summed E-state index contributed by atoms with van der Waals surface area (Å²) in [6.45, 7) is 0.809. The summed E-state index contributed by atoms with van der Waals surface area (Å²) in [4.78, 5) is 18.7. The number of unbranched alkanes of at least 4 members (excludes halogenated alkanes) is 2. The first kappa shape index (κ1) is 12.8. The maximum absolute atomic E-state index is 10.3. The molecular formula is C12H15N3O2S. The predicted octanol–water partition coefficient (Wildman–Crippen LogP) is 2.75. The molecule has 0 aliphatic heterocycles. The maximum atomic E-state index is 10.3. The quantitative estimate of drug-likeness (QED) is 0.753. The van der Waals surface area contributed by atoms with Gasteiger partial charge in [0.15, 0.2) is 0 Å². The molecule has 6 heteroatoms. The van der Waals surface area contributed by atoms with E-state index < -0.39 is 5.97 Å². The van der Waals surface area contributed by atoms with Gasteiger partial charge in [0.25, 0.3) is 0 Å². The summed E-state index contributed by atoms with van der Waals surface area (Å²) < 4.78 is 1.07. The van der Waals surface area contributed by atoms with Gasteiger partial charge in [-0.3, -0.25) is 4.79 Å². The molecule has 2 aromatic heterocycles. The average Bonchev–Trinajstić information content (AvgIpc) is 2.82. The Morgan fingerprint density at radius 1 is 1.33 bits per heavy atom. The third-order valence-corrected chi connectivity index (χ3v) is 3.51. The van der Waals surface area contributed by atoms with Gasteiger partial charge < -0.3 is 10.4 Å². The molecular weight excluding hydrogens is 250 g/mol. The van der Waals surface area contributed by atoms with Crippen molar-refractivity contribution in [2.24, 2.45) is 0 Å². The van der Waals surface area contributed by atoms with Crippen LogP contribution >= 0.6 is 11.3 Å². The number of thiophene rings is 1. The molecule has 2 heterocycles. The number of hydrogen-bond acceptors (Lipinski definition) is 5. The van der Waals surface area contributed by atoms with Gasteiger partial charge >= 0.3 is 5.97 Å². The third kappa shape index (κ3) is 3.40. The van der Waals surface area contributed by atoms with Crippen LogP contribution in [0.1, 0.15) is 25.7 Å². The summed E-state index contributed by atoms with van der Waals surface area (Å²) in [5.74, 6) is 0.146. The number of anilines is 1. The first-order valence-electron chi connectivity index (χ1n) is 5.91. The van der Waals surface area contributed by atoms with E-state index in [1.165, 1.54) is 0 Å². The second-order valence-electron chi connectivity index (χ2n) is 3.99. The summed E-state index contributed by atoms with van der Waals surface area (Å²) in [6.07, 6.45) is 4.40. The van der Waals surface area contributed by atoms with Crippen molar-refractivity contribution in [3.63, 3.8) is 0 Å². The standard InChI is InChI=1S/C12H15N3O2S/c16-10(17)4-2-1-3-6-13-12-11-9(5-7-18-11)14-8-15-12/h5,7-8H,1-4,6H2,(H,16,17)(H,13,14,15). The number of carbonyl (C=O) groups is 1. The number of nitrogens with one attached hydrogen (secondary N) is 1. The molecule has 2 rings (SSSR count). The van der Waals surface area contributed by atoms with E-state index >= 15 is 0 Å². The van der Waals surface area contributed by atoms with Crippen LogP contribution in [-0.4, -0.2) is 27.6 Å². The molecule has 0 aromatic carbocycles.